The van der Waals surface area contributed by atoms with Crippen molar-refractivity contribution in [2.75, 3.05) is 0 Å². The van der Waals surface area contributed by atoms with Crippen LogP contribution in [0.1, 0.15) is 42.6 Å². The van der Waals surface area contributed by atoms with Crippen molar-refractivity contribution >= 4 is 11.3 Å². The van der Waals surface area contributed by atoms with E-state index in [2.05, 4.69) is 42.5 Å². The molecule has 0 unspecified atom stereocenters. The quantitative estimate of drug-likeness (QED) is 0.888. The maximum absolute atomic E-state index is 9.12. The van der Waals surface area contributed by atoms with E-state index in [1.54, 1.807) is 11.3 Å². The van der Waals surface area contributed by atoms with E-state index in [1.165, 1.54) is 10.6 Å². The highest BCUT2D eigenvalue weighted by molar-refractivity contribution is 7.09. The monoisotopic (exact) mass is 290 g/mol. The second-order valence-corrected chi connectivity index (χ2v) is 6.83. The first-order valence-electron chi connectivity index (χ1n) is 6.83. The molecule has 0 aliphatic carbocycles. The van der Waals surface area contributed by atoms with Crippen molar-refractivity contribution < 1.29 is 5.11 Å². The summed E-state index contributed by atoms with van der Waals surface area (Å²) in [7, 11) is 0. The highest BCUT2D eigenvalue weighted by atomic mass is 32.1. The van der Waals surface area contributed by atoms with Gasteiger partial charge in [0.2, 0.25) is 0 Å². The van der Waals surface area contributed by atoms with Crippen LogP contribution in [0.5, 0.6) is 0 Å². The molecule has 4 heteroatoms. The van der Waals surface area contributed by atoms with Gasteiger partial charge in [-0.25, -0.2) is 4.98 Å². The number of aromatic nitrogens is 1. The Morgan fingerprint density at radius 2 is 1.95 bits per heavy atom. The fourth-order valence-corrected chi connectivity index (χ4v) is 2.81. The van der Waals surface area contributed by atoms with Gasteiger partial charge in [-0.05, 0) is 11.1 Å². The third kappa shape index (κ3) is 4.13. The highest BCUT2D eigenvalue weighted by Gasteiger charge is 2.17. The molecule has 0 fully saturated rings. The third-order valence-electron chi connectivity index (χ3n) is 3.00. The summed E-state index contributed by atoms with van der Waals surface area (Å²) in [5.41, 5.74) is 3.35. The van der Waals surface area contributed by atoms with Crippen molar-refractivity contribution in [2.45, 2.75) is 45.9 Å². The molecule has 3 nitrogen and oxygen atoms in total. The van der Waals surface area contributed by atoms with Crippen LogP contribution >= 0.6 is 11.3 Å². The minimum atomic E-state index is 0.0921. The summed E-state index contributed by atoms with van der Waals surface area (Å²) < 4.78 is 0. The summed E-state index contributed by atoms with van der Waals surface area (Å²) in [5, 5.41) is 15.8. The van der Waals surface area contributed by atoms with Gasteiger partial charge in [0.15, 0.2) is 0 Å². The number of thiazole rings is 1. The molecule has 0 amide bonds. The average Bonchev–Trinajstić information content (AvgIpc) is 2.88. The lowest BCUT2D eigenvalue weighted by molar-refractivity contribution is 0.281. The van der Waals surface area contributed by atoms with E-state index >= 15 is 0 Å². The van der Waals surface area contributed by atoms with Gasteiger partial charge in [0, 0.05) is 23.9 Å². The number of nitrogens with zero attached hydrogens (tertiary/aromatic N) is 1. The Balaban J connectivity index is 1.88. The zero-order chi connectivity index (χ0) is 14.6. The van der Waals surface area contributed by atoms with E-state index in [1.807, 2.05) is 18.2 Å². The van der Waals surface area contributed by atoms with Crippen molar-refractivity contribution in [2.24, 2.45) is 0 Å². The van der Waals surface area contributed by atoms with Crippen LogP contribution in [0.4, 0.5) is 0 Å². The summed E-state index contributed by atoms with van der Waals surface area (Å²) in [6, 6.07) is 7.99. The SMILES string of the molecule is CC(C)(C)c1nc(CNCc2cccc(CO)c2)cs1. The molecule has 1 heterocycles. The lowest BCUT2D eigenvalue weighted by Gasteiger charge is -2.13. The first-order chi connectivity index (χ1) is 9.49. The summed E-state index contributed by atoms with van der Waals surface area (Å²) in [4.78, 5) is 4.66. The molecule has 0 spiro atoms. The Morgan fingerprint density at radius 1 is 1.20 bits per heavy atom. The zero-order valence-corrected chi connectivity index (χ0v) is 13.1. The number of benzene rings is 1. The molecule has 0 saturated carbocycles. The van der Waals surface area contributed by atoms with Crippen molar-refractivity contribution in [1.82, 2.24) is 10.3 Å². The summed E-state index contributed by atoms with van der Waals surface area (Å²) in [6.07, 6.45) is 0. The number of aliphatic hydroxyl groups excluding tert-OH is 1. The van der Waals surface area contributed by atoms with Crippen LogP contribution in [-0.2, 0) is 25.1 Å². The van der Waals surface area contributed by atoms with Crippen LogP contribution in [0.25, 0.3) is 0 Å². The minimum absolute atomic E-state index is 0.0921. The topological polar surface area (TPSA) is 45.2 Å². The maximum Gasteiger partial charge on any atom is 0.0982 e. The summed E-state index contributed by atoms with van der Waals surface area (Å²) in [5.74, 6) is 0. The molecule has 0 aliphatic heterocycles. The number of hydrogen-bond donors (Lipinski definition) is 2. The van der Waals surface area contributed by atoms with Gasteiger partial charge in [0.25, 0.3) is 0 Å². The third-order valence-corrected chi connectivity index (χ3v) is 4.32. The first kappa shape index (κ1) is 15.2. The standard InChI is InChI=1S/C16H22N2OS/c1-16(2,3)15-18-14(11-20-15)9-17-8-12-5-4-6-13(7-12)10-19/h4-7,11,17,19H,8-10H2,1-3H3. The van der Waals surface area contributed by atoms with Gasteiger partial charge < -0.3 is 10.4 Å². The van der Waals surface area contributed by atoms with Crippen LogP contribution in [0.15, 0.2) is 29.6 Å². The van der Waals surface area contributed by atoms with Crippen LogP contribution in [-0.4, -0.2) is 10.1 Å². The fraction of sp³-hybridized carbons (Fsp3) is 0.438. The maximum atomic E-state index is 9.12. The van der Waals surface area contributed by atoms with Gasteiger partial charge in [-0.15, -0.1) is 11.3 Å². The molecule has 108 valence electrons. The lowest BCUT2D eigenvalue weighted by atomic mass is 9.98. The van der Waals surface area contributed by atoms with Crippen molar-refractivity contribution in [3.8, 4) is 0 Å². The van der Waals surface area contributed by atoms with E-state index in [0.717, 1.165) is 24.3 Å². The Hall–Kier alpha value is -1.23. The van der Waals surface area contributed by atoms with E-state index in [4.69, 9.17) is 5.11 Å². The minimum Gasteiger partial charge on any atom is -0.392 e. The smallest absolute Gasteiger partial charge is 0.0982 e. The van der Waals surface area contributed by atoms with Gasteiger partial charge >= 0.3 is 0 Å². The first-order valence-corrected chi connectivity index (χ1v) is 7.71. The highest BCUT2D eigenvalue weighted by Crippen LogP contribution is 2.25. The van der Waals surface area contributed by atoms with Gasteiger partial charge in [-0.2, -0.15) is 0 Å². The predicted octanol–water partition coefficient (Wildman–Crippen LogP) is 3.22. The molecule has 2 aromatic rings. The molecular formula is C16H22N2OS. The average molecular weight is 290 g/mol. The Morgan fingerprint density at radius 3 is 2.60 bits per heavy atom. The lowest BCUT2D eigenvalue weighted by Crippen LogP contribution is -2.14. The summed E-state index contributed by atoms with van der Waals surface area (Å²) in [6.45, 7) is 8.21. The van der Waals surface area contributed by atoms with E-state index in [9.17, 15) is 0 Å². The predicted molar refractivity (Wildman–Crippen MR) is 83.7 cm³/mol. The van der Waals surface area contributed by atoms with Gasteiger partial charge in [-0.3, -0.25) is 0 Å². The largest absolute Gasteiger partial charge is 0.392 e. The Labute approximate surface area is 124 Å². The summed E-state index contributed by atoms with van der Waals surface area (Å²) >= 11 is 1.72. The van der Waals surface area contributed by atoms with E-state index in [-0.39, 0.29) is 12.0 Å². The van der Waals surface area contributed by atoms with Crippen molar-refractivity contribution in [3.05, 3.63) is 51.5 Å². The fourth-order valence-electron chi connectivity index (χ4n) is 1.91. The van der Waals surface area contributed by atoms with Gasteiger partial charge in [0.05, 0.1) is 17.3 Å². The molecular weight excluding hydrogens is 268 g/mol. The second-order valence-electron chi connectivity index (χ2n) is 5.98. The number of nitrogens with one attached hydrogen (secondary N) is 1. The molecule has 2 rings (SSSR count). The van der Waals surface area contributed by atoms with E-state index < -0.39 is 0 Å². The molecule has 0 bridgehead atoms. The van der Waals surface area contributed by atoms with Crippen LogP contribution in [0.3, 0.4) is 0 Å². The molecule has 1 aromatic heterocycles. The van der Waals surface area contributed by atoms with Crippen LogP contribution in [0, 0.1) is 0 Å². The zero-order valence-electron chi connectivity index (χ0n) is 12.3. The molecule has 2 N–H and O–H groups in total. The van der Waals surface area contributed by atoms with Crippen LogP contribution in [0.2, 0.25) is 0 Å². The number of hydrogen-bond acceptors (Lipinski definition) is 4. The van der Waals surface area contributed by atoms with E-state index in [0.29, 0.717) is 0 Å². The Kier molecular flexibility index (Phi) is 4.91. The van der Waals surface area contributed by atoms with Crippen molar-refractivity contribution in [3.63, 3.8) is 0 Å². The Bertz CT molecular complexity index is 558. The van der Waals surface area contributed by atoms with Gasteiger partial charge in [0.1, 0.15) is 0 Å². The molecule has 0 atom stereocenters. The molecule has 1 aromatic carbocycles. The van der Waals surface area contributed by atoms with Crippen molar-refractivity contribution in [1.29, 1.82) is 0 Å². The van der Waals surface area contributed by atoms with Gasteiger partial charge in [-0.1, -0.05) is 45.0 Å². The van der Waals surface area contributed by atoms with Crippen LogP contribution < -0.4 is 5.32 Å². The normalized spacial score (nSPS) is 11.8. The number of aliphatic hydroxyl groups is 1. The molecule has 0 aliphatic rings. The second kappa shape index (κ2) is 6.48. The molecule has 0 saturated heterocycles. The molecule has 0 radical (unpaired) electrons. The number of rotatable bonds is 5. The molecule has 20 heavy (non-hydrogen) atoms.